The Morgan fingerprint density at radius 2 is 2.17 bits per heavy atom. The molecule has 0 spiro atoms. The summed E-state index contributed by atoms with van der Waals surface area (Å²) in [4.78, 5) is 16.8. The summed E-state index contributed by atoms with van der Waals surface area (Å²) in [5.74, 6) is 0.251. The van der Waals surface area contributed by atoms with Gasteiger partial charge in [-0.05, 0) is 60.0 Å². The van der Waals surface area contributed by atoms with Crippen LogP contribution >= 0.6 is 22.9 Å². The standard InChI is InChI=1S/C19H23ClN2OS/c1-21(12-16-8-10-24-14-16)18-5-6-19(23)22(9-7-18)13-15-3-2-4-17(20)11-15/h2-4,8,10-11,14,18H,5-7,9,12-13H2,1H3. The number of nitrogens with zero attached hydrogens (tertiary/aromatic N) is 2. The van der Waals surface area contributed by atoms with Gasteiger partial charge in [-0.1, -0.05) is 23.7 Å². The molecule has 1 saturated heterocycles. The average molecular weight is 363 g/mol. The summed E-state index contributed by atoms with van der Waals surface area (Å²) in [5.41, 5.74) is 2.45. The van der Waals surface area contributed by atoms with Crippen molar-refractivity contribution in [1.29, 1.82) is 0 Å². The van der Waals surface area contributed by atoms with Crippen molar-refractivity contribution in [1.82, 2.24) is 9.80 Å². The molecule has 0 saturated carbocycles. The first-order chi connectivity index (χ1) is 11.6. The van der Waals surface area contributed by atoms with Crippen LogP contribution in [-0.2, 0) is 17.9 Å². The quantitative estimate of drug-likeness (QED) is 0.786. The second kappa shape index (κ2) is 8.15. The normalized spacial score (nSPS) is 18.9. The van der Waals surface area contributed by atoms with Gasteiger partial charge >= 0.3 is 0 Å². The van der Waals surface area contributed by atoms with Gasteiger partial charge in [-0.25, -0.2) is 0 Å². The highest BCUT2D eigenvalue weighted by molar-refractivity contribution is 7.07. The molecule has 1 aliphatic rings. The predicted molar refractivity (Wildman–Crippen MR) is 100 cm³/mol. The Balaban J connectivity index is 1.59. The van der Waals surface area contributed by atoms with Gasteiger partial charge in [-0.2, -0.15) is 11.3 Å². The fourth-order valence-electron chi connectivity index (χ4n) is 3.29. The van der Waals surface area contributed by atoms with E-state index >= 15 is 0 Å². The molecule has 1 unspecified atom stereocenters. The minimum Gasteiger partial charge on any atom is -0.338 e. The zero-order chi connectivity index (χ0) is 16.9. The van der Waals surface area contributed by atoms with Crippen LogP contribution in [0.2, 0.25) is 5.02 Å². The highest BCUT2D eigenvalue weighted by atomic mass is 35.5. The lowest BCUT2D eigenvalue weighted by atomic mass is 10.1. The van der Waals surface area contributed by atoms with Crippen LogP contribution in [0.4, 0.5) is 0 Å². The van der Waals surface area contributed by atoms with Gasteiger partial charge in [0, 0.05) is 37.1 Å². The van der Waals surface area contributed by atoms with Crippen molar-refractivity contribution in [3.8, 4) is 0 Å². The largest absolute Gasteiger partial charge is 0.338 e. The van der Waals surface area contributed by atoms with E-state index in [4.69, 9.17) is 11.6 Å². The molecule has 3 rings (SSSR count). The summed E-state index contributed by atoms with van der Waals surface area (Å²) < 4.78 is 0. The van der Waals surface area contributed by atoms with Gasteiger partial charge in [-0.3, -0.25) is 9.69 Å². The van der Waals surface area contributed by atoms with Gasteiger partial charge in [0.05, 0.1) is 0 Å². The zero-order valence-corrected chi connectivity index (χ0v) is 15.5. The van der Waals surface area contributed by atoms with Gasteiger partial charge in [0.2, 0.25) is 5.91 Å². The van der Waals surface area contributed by atoms with E-state index < -0.39 is 0 Å². The summed E-state index contributed by atoms with van der Waals surface area (Å²) >= 11 is 7.79. The topological polar surface area (TPSA) is 23.6 Å². The minimum absolute atomic E-state index is 0.251. The molecule has 1 aromatic carbocycles. The summed E-state index contributed by atoms with van der Waals surface area (Å²) in [6.07, 6.45) is 2.58. The van der Waals surface area contributed by atoms with E-state index in [1.807, 2.05) is 29.2 Å². The summed E-state index contributed by atoms with van der Waals surface area (Å²) in [6, 6.07) is 10.4. The Kier molecular flexibility index (Phi) is 5.93. The second-order valence-corrected chi connectivity index (χ2v) is 7.69. The van der Waals surface area contributed by atoms with Gasteiger partial charge in [0.1, 0.15) is 0 Å². The molecule has 0 N–H and O–H groups in total. The van der Waals surface area contributed by atoms with Crippen LogP contribution in [-0.4, -0.2) is 35.3 Å². The Labute approximate surface area is 152 Å². The Hall–Kier alpha value is -1.36. The van der Waals surface area contributed by atoms with Crippen LogP contribution in [0, 0.1) is 0 Å². The number of rotatable bonds is 5. The molecular weight excluding hydrogens is 340 g/mol. The molecule has 128 valence electrons. The van der Waals surface area contributed by atoms with Gasteiger partial charge in [0.25, 0.3) is 0 Å². The highest BCUT2D eigenvalue weighted by Crippen LogP contribution is 2.21. The first-order valence-corrected chi connectivity index (χ1v) is 9.67. The number of hydrogen-bond donors (Lipinski definition) is 0. The molecule has 1 aromatic heterocycles. The molecule has 2 aromatic rings. The Morgan fingerprint density at radius 1 is 1.29 bits per heavy atom. The van der Waals surface area contributed by atoms with Crippen LogP contribution < -0.4 is 0 Å². The maximum atomic E-state index is 12.5. The fraction of sp³-hybridized carbons (Fsp3) is 0.421. The SMILES string of the molecule is CN(Cc1ccsc1)C1CCC(=O)N(Cc2cccc(Cl)c2)CC1. The number of amides is 1. The second-order valence-electron chi connectivity index (χ2n) is 6.47. The Bertz CT molecular complexity index is 674. The van der Waals surface area contributed by atoms with Crippen molar-refractivity contribution in [3.63, 3.8) is 0 Å². The molecule has 1 aliphatic heterocycles. The van der Waals surface area contributed by atoms with E-state index in [0.29, 0.717) is 19.0 Å². The molecule has 5 heteroatoms. The van der Waals surface area contributed by atoms with Crippen molar-refractivity contribution >= 4 is 28.8 Å². The van der Waals surface area contributed by atoms with Crippen LogP contribution in [0.5, 0.6) is 0 Å². The summed E-state index contributed by atoms with van der Waals surface area (Å²) in [5, 5.41) is 5.04. The molecular formula is C19H23ClN2OS. The van der Waals surface area contributed by atoms with Gasteiger partial charge in [0.15, 0.2) is 0 Å². The molecule has 0 radical (unpaired) electrons. The van der Waals surface area contributed by atoms with Crippen molar-refractivity contribution in [2.75, 3.05) is 13.6 Å². The van der Waals surface area contributed by atoms with E-state index in [2.05, 4.69) is 28.8 Å². The lowest BCUT2D eigenvalue weighted by Gasteiger charge is -2.27. The van der Waals surface area contributed by atoms with Crippen LogP contribution in [0.1, 0.15) is 30.4 Å². The van der Waals surface area contributed by atoms with Crippen molar-refractivity contribution in [3.05, 3.63) is 57.2 Å². The fourth-order valence-corrected chi connectivity index (χ4v) is 4.16. The molecule has 2 heterocycles. The summed E-state index contributed by atoms with van der Waals surface area (Å²) in [6.45, 7) is 2.42. The third-order valence-corrected chi connectivity index (χ3v) is 5.64. The van der Waals surface area contributed by atoms with E-state index in [-0.39, 0.29) is 5.91 Å². The van der Waals surface area contributed by atoms with Crippen LogP contribution in [0.25, 0.3) is 0 Å². The highest BCUT2D eigenvalue weighted by Gasteiger charge is 2.25. The maximum absolute atomic E-state index is 12.5. The van der Waals surface area contributed by atoms with Crippen molar-refractivity contribution in [2.45, 2.75) is 38.4 Å². The lowest BCUT2D eigenvalue weighted by molar-refractivity contribution is -0.131. The first kappa shape index (κ1) is 17.5. The molecule has 3 nitrogen and oxygen atoms in total. The number of carbonyl (C=O) groups excluding carboxylic acids is 1. The van der Waals surface area contributed by atoms with E-state index in [9.17, 15) is 4.79 Å². The number of benzene rings is 1. The van der Waals surface area contributed by atoms with E-state index in [0.717, 1.165) is 36.5 Å². The first-order valence-electron chi connectivity index (χ1n) is 8.35. The van der Waals surface area contributed by atoms with Crippen LogP contribution in [0.3, 0.4) is 0 Å². The molecule has 0 aliphatic carbocycles. The summed E-state index contributed by atoms with van der Waals surface area (Å²) in [7, 11) is 2.17. The molecule has 1 amide bonds. The monoisotopic (exact) mass is 362 g/mol. The third kappa shape index (κ3) is 4.59. The van der Waals surface area contributed by atoms with E-state index in [1.54, 1.807) is 11.3 Å². The van der Waals surface area contributed by atoms with E-state index in [1.165, 1.54) is 5.56 Å². The van der Waals surface area contributed by atoms with Crippen LogP contribution in [0.15, 0.2) is 41.1 Å². The molecule has 24 heavy (non-hydrogen) atoms. The molecule has 1 atom stereocenters. The lowest BCUT2D eigenvalue weighted by Crippen LogP contribution is -2.33. The number of thiophene rings is 1. The Morgan fingerprint density at radius 3 is 2.92 bits per heavy atom. The number of carbonyl (C=O) groups is 1. The van der Waals surface area contributed by atoms with Gasteiger partial charge < -0.3 is 4.90 Å². The average Bonchev–Trinajstić information content (AvgIpc) is 2.99. The number of hydrogen-bond acceptors (Lipinski definition) is 3. The zero-order valence-electron chi connectivity index (χ0n) is 14.0. The predicted octanol–water partition coefficient (Wildman–Crippen LogP) is 4.41. The number of halogens is 1. The number of likely N-dealkylation sites (tertiary alicyclic amines) is 1. The van der Waals surface area contributed by atoms with Gasteiger partial charge in [-0.15, -0.1) is 0 Å². The minimum atomic E-state index is 0.251. The smallest absolute Gasteiger partial charge is 0.222 e. The maximum Gasteiger partial charge on any atom is 0.222 e. The molecule has 1 fully saturated rings. The van der Waals surface area contributed by atoms with Crippen molar-refractivity contribution < 1.29 is 4.79 Å². The van der Waals surface area contributed by atoms with Crippen molar-refractivity contribution in [2.24, 2.45) is 0 Å². The third-order valence-electron chi connectivity index (χ3n) is 4.67. The molecule has 0 bridgehead atoms.